The summed E-state index contributed by atoms with van der Waals surface area (Å²) in [4.78, 5) is 9.78. The van der Waals surface area contributed by atoms with E-state index in [1.165, 1.54) is 0 Å². The first-order chi connectivity index (χ1) is 4.42. The van der Waals surface area contributed by atoms with Crippen molar-refractivity contribution in [3.05, 3.63) is 0 Å². The van der Waals surface area contributed by atoms with E-state index in [0.29, 0.717) is 0 Å². The van der Waals surface area contributed by atoms with Crippen molar-refractivity contribution in [2.45, 2.75) is 12.8 Å². The Labute approximate surface area is 78.1 Å². The average molecular weight is 172 g/mol. The second kappa shape index (κ2) is 5.64. The molecule has 0 aromatic rings. The molecule has 0 aliphatic heterocycles. The van der Waals surface area contributed by atoms with Gasteiger partial charge in [-0.05, 0) is 12.8 Å². The molecule has 0 heterocycles. The first kappa shape index (κ1) is 13.6. The normalized spacial score (nSPS) is 10.3. The summed E-state index contributed by atoms with van der Waals surface area (Å²) in [6.07, 6.45) is 1.02. The summed E-state index contributed by atoms with van der Waals surface area (Å²) >= 11 is 0. The van der Waals surface area contributed by atoms with Crippen LogP contribution in [0.3, 0.4) is 0 Å². The Hall–Kier alpha value is 0.0174. The van der Waals surface area contributed by atoms with Gasteiger partial charge in [-0.2, -0.15) is 0 Å². The number of rotatable bonds is 4. The zero-order valence-corrected chi connectivity index (χ0v) is 7.48. The molecule has 0 spiro atoms. The molecule has 11 heavy (non-hydrogen) atoms. The number of carboxylic acids is 1. The van der Waals surface area contributed by atoms with Gasteiger partial charge in [0.1, 0.15) is 9.84 Å². The van der Waals surface area contributed by atoms with E-state index in [2.05, 4.69) is 0 Å². The van der Waals surface area contributed by atoms with Crippen LogP contribution in [-0.2, 0) is 14.6 Å². The Balaban J connectivity index is 0. The molecule has 0 rings (SSSR count). The summed E-state index contributed by atoms with van der Waals surface area (Å²) in [5, 5.41) is 9.78. The van der Waals surface area contributed by atoms with Crippen molar-refractivity contribution in [3.8, 4) is 0 Å². The fourth-order valence-electron chi connectivity index (χ4n) is 0.479. The molecule has 0 aliphatic carbocycles. The molecule has 6 heteroatoms. The maximum absolute atomic E-state index is 10.4. The molecule has 60 valence electrons. The van der Waals surface area contributed by atoms with Gasteiger partial charge in [-0.1, -0.05) is 0 Å². The van der Waals surface area contributed by atoms with E-state index >= 15 is 0 Å². The minimum Gasteiger partial charge on any atom is -0.550 e. The molecule has 0 aromatic carbocycles. The summed E-state index contributed by atoms with van der Waals surface area (Å²) in [5.74, 6) is -1.29. The molecule has 0 aliphatic rings. The van der Waals surface area contributed by atoms with Gasteiger partial charge in [0.25, 0.3) is 0 Å². The zero-order chi connectivity index (χ0) is 8.20. The van der Waals surface area contributed by atoms with Crippen molar-refractivity contribution in [2.24, 2.45) is 0 Å². The molecule has 0 bridgehead atoms. The number of hydrogen-bond acceptors (Lipinski definition) is 4. The minimum absolute atomic E-state index is 0. The van der Waals surface area contributed by atoms with E-state index in [-0.39, 0.29) is 37.5 Å². The van der Waals surface area contributed by atoms with Gasteiger partial charge in [0.15, 0.2) is 0 Å². The quantitative estimate of drug-likeness (QED) is 0.401. The third-order valence-corrected chi connectivity index (χ3v) is 1.93. The van der Waals surface area contributed by atoms with E-state index in [4.69, 9.17) is 0 Å². The van der Waals surface area contributed by atoms with Gasteiger partial charge < -0.3 is 9.90 Å². The molecule has 0 saturated carbocycles. The molecule has 0 amide bonds. The number of carbonyl (C=O) groups excluding carboxylic acids is 1. The molecule has 0 radical (unpaired) electrons. The van der Waals surface area contributed by atoms with Crippen LogP contribution < -0.4 is 24.0 Å². The van der Waals surface area contributed by atoms with Gasteiger partial charge in [-0.15, -0.1) is 0 Å². The third-order valence-electron chi connectivity index (χ3n) is 0.896. The molecule has 0 aromatic heterocycles. The molecule has 0 fully saturated rings. The Kier molecular flexibility index (Phi) is 6.97. The van der Waals surface area contributed by atoms with Crippen LogP contribution in [0.4, 0.5) is 0 Å². The van der Waals surface area contributed by atoms with Crippen molar-refractivity contribution in [3.63, 3.8) is 0 Å². The van der Waals surface area contributed by atoms with Crippen LogP contribution >= 0.6 is 0 Å². The molecular formula is C5H9LiO4S. The smallest absolute Gasteiger partial charge is 0.550 e. The molecule has 0 saturated heterocycles. The average Bonchev–Trinajstić information content (AvgIpc) is 1.59. The van der Waals surface area contributed by atoms with Crippen molar-refractivity contribution in [1.29, 1.82) is 0 Å². The van der Waals surface area contributed by atoms with Crippen LogP contribution in [0.2, 0.25) is 0 Å². The first-order valence-electron chi connectivity index (χ1n) is 2.79. The van der Waals surface area contributed by atoms with E-state index in [9.17, 15) is 18.3 Å². The van der Waals surface area contributed by atoms with Gasteiger partial charge in [-0.25, -0.2) is 8.42 Å². The van der Waals surface area contributed by atoms with Crippen LogP contribution in [0, 0.1) is 0 Å². The minimum atomic E-state index is -3.01. The summed E-state index contributed by atoms with van der Waals surface area (Å²) in [5.41, 5.74) is 0. The van der Waals surface area contributed by atoms with Gasteiger partial charge in [0.05, 0.1) is 5.75 Å². The van der Waals surface area contributed by atoms with Gasteiger partial charge in [-0.3, -0.25) is 0 Å². The fourth-order valence-corrected chi connectivity index (χ4v) is 1.15. The number of hydrogen-bond donors (Lipinski definition) is 0. The van der Waals surface area contributed by atoms with Crippen LogP contribution in [0.1, 0.15) is 12.8 Å². The van der Waals surface area contributed by atoms with E-state index in [1.54, 1.807) is 0 Å². The maximum Gasteiger partial charge on any atom is 1.00 e. The number of sulfone groups is 1. The molecular weight excluding hydrogens is 163 g/mol. The predicted molar refractivity (Wildman–Crippen MR) is 34.0 cm³/mol. The van der Waals surface area contributed by atoms with Crippen molar-refractivity contribution in [1.82, 2.24) is 0 Å². The molecule has 0 atom stereocenters. The second-order valence-electron chi connectivity index (χ2n) is 2.11. The topological polar surface area (TPSA) is 74.3 Å². The van der Waals surface area contributed by atoms with Crippen LogP contribution in [0.5, 0.6) is 0 Å². The SMILES string of the molecule is CS(=O)(=O)CCCC(=O)[O-].[Li+]. The van der Waals surface area contributed by atoms with Crippen molar-refractivity contribution in [2.75, 3.05) is 12.0 Å². The van der Waals surface area contributed by atoms with Crippen LogP contribution in [-0.4, -0.2) is 26.4 Å². The zero-order valence-electron chi connectivity index (χ0n) is 6.66. The summed E-state index contributed by atoms with van der Waals surface area (Å²) < 4.78 is 20.8. The Morgan fingerprint density at radius 1 is 1.45 bits per heavy atom. The van der Waals surface area contributed by atoms with Gasteiger partial charge >= 0.3 is 18.9 Å². The maximum atomic E-state index is 10.4. The largest absolute Gasteiger partial charge is 1.00 e. The number of carbonyl (C=O) groups is 1. The molecule has 0 N–H and O–H groups in total. The predicted octanol–water partition coefficient (Wildman–Crippen LogP) is -4.43. The monoisotopic (exact) mass is 172 g/mol. The third kappa shape index (κ3) is 13.1. The van der Waals surface area contributed by atoms with Crippen molar-refractivity contribution >= 4 is 15.8 Å². The van der Waals surface area contributed by atoms with Crippen LogP contribution in [0.25, 0.3) is 0 Å². The number of carboxylic acid groups (broad SMARTS) is 1. The molecule has 0 unspecified atom stereocenters. The Morgan fingerprint density at radius 3 is 2.18 bits per heavy atom. The van der Waals surface area contributed by atoms with E-state index in [1.807, 2.05) is 0 Å². The summed E-state index contributed by atoms with van der Waals surface area (Å²) in [6.45, 7) is 0. The molecule has 4 nitrogen and oxygen atoms in total. The van der Waals surface area contributed by atoms with Gasteiger partial charge in [0, 0.05) is 12.2 Å². The standard InChI is InChI=1S/C5H10O4S.Li/c1-10(8,9)4-2-3-5(6)7;/h2-4H2,1H3,(H,6,7);/q;+1/p-1. The Morgan fingerprint density at radius 2 is 1.91 bits per heavy atom. The summed E-state index contributed by atoms with van der Waals surface area (Å²) in [7, 11) is -3.01. The Bertz CT molecular complexity index is 209. The van der Waals surface area contributed by atoms with E-state index in [0.717, 1.165) is 6.26 Å². The fraction of sp³-hybridized carbons (Fsp3) is 0.800. The number of aliphatic carboxylic acids is 1. The second-order valence-corrected chi connectivity index (χ2v) is 4.37. The van der Waals surface area contributed by atoms with Crippen molar-refractivity contribution < 1.29 is 37.2 Å². The summed E-state index contributed by atoms with van der Waals surface area (Å²) in [6, 6.07) is 0. The van der Waals surface area contributed by atoms with E-state index < -0.39 is 15.8 Å². The van der Waals surface area contributed by atoms with Crippen LogP contribution in [0.15, 0.2) is 0 Å². The van der Waals surface area contributed by atoms with Gasteiger partial charge in [0.2, 0.25) is 0 Å². The first-order valence-corrected chi connectivity index (χ1v) is 4.85.